The number of thiophene rings is 1. The van der Waals surface area contributed by atoms with E-state index in [2.05, 4.69) is 28.9 Å². The van der Waals surface area contributed by atoms with Gasteiger partial charge in [0.25, 0.3) is 0 Å². The molecule has 2 aromatic rings. The van der Waals surface area contributed by atoms with E-state index in [1.54, 1.807) is 11.3 Å². The lowest BCUT2D eigenvalue weighted by atomic mass is 9.90. The van der Waals surface area contributed by atoms with Gasteiger partial charge in [-0.05, 0) is 43.3 Å². The molecular weight excluding hydrogens is 272 g/mol. The monoisotopic (exact) mass is 292 g/mol. The van der Waals surface area contributed by atoms with E-state index in [0.29, 0.717) is 11.7 Å². The van der Waals surface area contributed by atoms with Crippen molar-refractivity contribution in [3.63, 3.8) is 0 Å². The van der Waals surface area contributed by atoms with Gasteiger partial charge < -0.3 is 10.3 Å². The number of hydrogen-bond acceptors (Lipinski definition) is 6. The summed E-state index contributed by atoms with van der Waals surface area (Å²) in [5, 5.41) is 6.10. The van der Waals surface area contributed by atoms with E-state index in [1.807, 2.05) is 17.5 Å². The molecule has 1 fully saturated rings. The van der Waals surface area contributed by atoms with E-state index in [4.69, 9.17) is 10.3 Å². The molecule has 108 valence electrons. The van der Waals surface area contributed by atoms with Crippen LogP contribution in [0.4, 0.5) is 0 Å². The SMILES string of the molecule is CC(c1nc(-c2cccs2)no1)N1CCC(C)(CN)C1. The highest BCUT2D eigenvalue weighted by molar-refractivity contribution is 7.13. The van der Waals surface area contributed by atoms with Crippen LogP contribution in [0.15, 0.2) is 22.0 Å². The smallest absolute Gasteiger partial charge is 0.244 e. The molecular formula is C14H20N4OS. The fraction of sp³-hybridized carbons (Fsp3) is 0.571. The summed E-state index contributed by atoms with van der Waals surface area (Å²) in [7, 11) is 0. The largest absolute Gasteiger partial charge is 0.337 e. The van der Waals surface area contributed by atoms with Crippen molar-refractivity contribution in [1.82, 2.24) is 15.0 Å². The molecule has 1 saturated heterocycles. The third-order valence-electron chi connectivity index (χ3n) is 4.17. The predicted molar refractivity (Wildman–Crippen MR) is 79.4 cm³/mol. The Morgan fingerprint density at radius 1 is 1.60 bits per heavy atom. The average molecular weight is 292 g/mol. The predicted octanol–water partition coefficient (Wildman–Crippen LogP) is 2.53. The maximum Gasteiger partial charge on any atom is 0.244 e. The average Bonchev–Trinajstić information content (AvgIpc) is 3.18. The lowest BCUT2D eigenvalue weighted by molar-refractivity contribution is 0.188. The van der Waals surface area contributed by atoms with Crippen molar-refractivity contribution < 1.29 is 4.52 Å². The zero-order chi connectivity index (χ0) is 14.2. The van der Waals surface area contributed by atoms with E-state index in [-0.39, 0.29) is 11.5 Å². The van der Waals surface area contributed by atoms with Crippen molar-refractivity contribution in [2.24, 2.45) is 11.1 Å². The molecule has 0 spiro atoms. The van der Waals surface area contributed by atoms with Crippen molar-refractivity contribution in [2.45, 2.75) is 26.3 Å². The summed E-state index contributed by atoms with van der Waals surface area (Å²) in [6.45, 7) is 7.10. The maximum atomic E-state index is 5.86. The molecule has 0 radical (unpaired) electrons. The zero-order valence-electron chi connectivity index (χ0n) is 11.9. The van der Waals surface area contributed by atoms with E-state index >= 15 is 0 Å². The molecule has 0 amide bonds. The number of nitrogens with two attached hydrogens (primary N) is 1. The highest BCUT2D eigenvalue weighted by Crippen LogP contribution is 2.34. The van der Waals surface area contributed by atoms with Crippen LogP contribution in [0.2, 0.25) is 0 Å². The Hall–Kier alpha value is -1.24. The Kier molecular flexibility index (Phi) is 3.62. The van der Waals surface area contributed by atoms with Crippen LogP contribution >= 0.6 is 11.3 Å². The fourth-order valence-corrected chi connectivity index (χ4v) is 3.28. The number of nitrogens with zero attached hydrogens (tertiary/aromatic N) is 3. The Bertz CT molecular complexity index is 568. The van der Waals surface area contributed by atoms with Gasteiger partial charge in [-0.1, -0.05) is 18.1 Å². The second kappa shape index (κ2) is 5.27. The number of aromatic nitrogens is 2. The minimum Gasteiger partial charge on any atom is -0.337 e. The van der Waals surface area contributed by atoms with Crippen molar-refractivity contribution >= 4 is 11.3 Å². The van der Waals surface area contributed by atoms with Gasteiger partial charge in [0, 0.05) is 6.54 Å². The summed E-state index contributed by atoms with van der Waals surface area (Å²) in [5.41, 5.74) is 6.07. The first kappa shape index (κ1) is 13.7. The summed E-state index contributed by atoms with van der Waals surface area (Å²) < 4.78 is 5.44. The second-order valence-corrected chi connectivity index (χ2v) is 6.79. The topological polar surface area (TPSA) is 68.2 Å². The molecule has 6 heteroatoms. The molecule has 2 atom stereocenters. The van der Waals surface area contributed by atoms with Crippen LogP contribution in [0.25, 0.3) is 10.7 Å². The molecule has 3 rings (SSSR count). The van der Waals surface area contributed by atoms with Gasteiger partial charge in [-0.2, -0.15) is 4.98 Å². The first-order valence-electron chi connectivity index (χ1n) is 6.93. The molecule has 2 N–H and O–H groups in total. The van der Waals surface area contributed by atoms with Gasteiger partial charge in [-0.15, -0.1) is 11.3 Å². The highest BCUT2D eigenvalue weighted by atomic mass is 32.1. The van der Waals surface area contributed by atoms with Crippen LogP contribution in [0, 0.1) is 5.41 Å². The maximum absolute atomic E-state index is 5.86. The molecule has 3 heterocycles. The van der Waals surface area contributed by atoms with Crippen molar-refractivity contribution in [2.75, 3.05) is 19.6 Å². The summed E-state index contributed by atoms with van der Waals surface area (Å²) in [4.78, 5) is 7.95. The first-order valence-corrected chi connectivity index (χ1v) is 7.81. The Labute approximate surface area is 122 Å². The number of hydrogen-bond donors (Lipinski definition) is 1. The summed E-state index contributed by atoms with van der Waals surface area (Å²) in [5.74, 6) is 1.37. The minimum absolute atomic E-state index is 0.143. The minimum atomic E-state index is 0.143. The molecule has 0 saturated carbocycles. The fourth-order valence-electron chi connectivity index (χ4n) is 2.63. The Morgan fingerprint density at radius 2 is 2.45 bits per heavy atom. The van der Waals surface area contributed by atoms with Crippen molar-refractivity contribution in [3.8, 4) is 10.7 Å². The summed E-state index contributed by atoms with van der Waals surface area (Å²) in [6.07, 6.45) is 1.12. The lowest BCUT2D eigenvalue weighted by Gasteiger charge is -2.25. The van der Waals surface area contributed by atoms with Crippen LogP contribution in [0.3, 0.4) is 0 Å². The summed E-state index contributed by atoms with van der Waals surface area (Å²) >= 11 is 1.62. The quantitative estimate of drug-likeness (QED) is 0.938. The van der Waals surface area contributed by atoms with Crippen LogP contribution in [0.5, 0.6) is 0 Å². The van der Waals surface area contributed by atoms with E-state index in [9.17, 15) is 0 Å². The van der Waals surface area contributed by atoms with E-state index in [0.717, 1.165) is 30.9 Å². The van der Waals surface area contributed by atoms with Gasteiger partial charge in [0.1, 0.15) is 0 Å². The first-order chi connectivity index (χ1) is 9.61. The van der Waals surface area contributed by atoms with Gasteiger partial charge in [-0.3, -0.25) is 4.90 Å². The van der Waals surface area contributed by atoms with E-state index in [1.165, 1.54) is 0 Å². The van der Waals surface area contributed by atoms with Gasteiger partial charge in [0.2, 0.25) is 11.7 Å². The van der Waals surface area contributed by atoms with Gasteiger partial charge in [0.05, 0.1) is 10.9 Å². The molecule has 0 bridgehead atoms. The van der Waals surface area contributed by atoms with Gasteiger partial charge in [-0.25, -0.2) is 0 Å². The van der Waals surface area contributed by atoms with Gasteiger partial charge in [0.15, 0.2) is 0 Å². The zero-order valence-corrected chi connectivity index (χ0v) is 12.7. The Morgan fingerprint density at radius 3 is 3.10 bits per heavy atom. The highest BCUT2D eigenvalue weighted by Gasteiger charge is 2.36. The molecule has 1 aliphatic rings. The molecule has 2 unspecified atom stereocenters. The van der Waals surface area contributed by atoms with Crippen LogP contribution in [-0.4, -0.2) is 34.7 Å². The second-order valence-electron chi connectivity index (χ2n) is 5.84. The number of likely N-dealkylation sites (tertiary alicyclic amines) is 1. The lowest BCUT2D eigenvalue weighted by Crippen LogP contribution is -2.32. The molecule has 2 aromatic heterocycles. The third-order valence-corrected chi connectivity index (χ3v) is 5.03. The van der Waals surface area contributed by atoms with Crippen molar-refractivity contribution in [1.29, 1.82) is 0 Å². The molecule has 1 aliphatic heterocycles. The van der Waals surface area contributed by atoms with E-state index < -0.39 is 0 Å². The molecule has 0 aromatic carbocycles. The standard InChI is InChI=1S/C14H20N4OS/c1-10(18-6-5-14(2,8-15)9-18)13-16-12(17-19-13)11-4-3-7-20-11/h3-4,7,10H,5-6,8-9,15H2,1-2H3. The molecule has 20 heavy (non-hydrogen) atoms. The third kappa shape index (κ3) is 2.51. The molecule has 5 nitrogen and oxygen atoms in total. The number of rotatable bonds is 4. The van der Waals surface area contributed by atoms with Gasteiger partial charge >= 0.3 is 0 Å². The summed E-state index contributed by atoms with van der Waals surface area (Å²) in [6, 6.07) is 4.14. The van der Waals surface area contributed by atoms with Crippen molar-refractivity contribution in [3.05, 3.63) is 23.4 Å². The van der Waals surface area contributed by atoms with Crippen LogP contribution in [-0.2, 0) is 0 Å². The normalized spacial score (nSPS) is 25.1. The van der Waals surface area contributed by atoms with Crippen LogP contribution < -0.4 is 5.73 Å². The van der Waals surface area contributed by atoms with Crippen LogP contribution in [0.1, 0.15) is 32.2 Å². The molecule has 0 aliphatic carbocycles. The Balaban J connectivity index is 1.74.